The van der Waals surface area contributed by atoms with Gasteiger partial charge >= 0.3 is 11.9 Å². The number of hydrogen-bond acceptors (Lipinski definition) is 8. The van der Waals surface area contributed by atoms with Crippen LogP contribution in [-0.4, -0.2) is 70.0 Å². The second-order valence-electron chi connectivity index (χ2n) is 25.9. The molecule has 526 valence electrons. The molecule has 0 fully saturated rings. The van der Waals surface area contributed by atoms with Gasteiger partial charge in [-0.15, -0.1) is 0 Å². The molecule has 2 unspecified atom stereocenters. The number of nitrogens with zero attached hydrogens (tertiary/aromatic N) is 1. The SMILES string of the molecule is CC/C=C\C/C=C\C/C=C\C/C=C\C/C=C\C/C=C\CCCCCCCCCCCCCCCCCCC(=O)OC(COC(=O)CCCCCCCCCCCCCCCC/C=C\C/C=C\C/C=C\C/C=C\C/C=C\C/C=C\CC)COP(=O)([O-])OCC[N+](C)(C)C. The van der Waals surface area contributed by atoms with E-state index in [2.05, 4.69) is 160 Å². The molecule has 0 saturated carbocycles. The zero-order valence-electron chi connectivity index (χ0n) is 59.9. The molecule has 0 aromatic carbocycles. The monoisotopic (exact) mass is 1300 g/mol. The third-order valence-electron chi connectivity index (χ3n) is 15.9. The first-order chi connectivity index (χ1) is 45.0. The van der Waals surface area contributed by atoms with Crippen LogP contribution < -0.4 is 4.89 Å². The van der Waals surface area contributed by atoms with Crippen LogP contribution >= 0.6 is 7.82 Å². The predicted molar refractivity (Wildman–Crippen MR) is 397 cm³/mol. The molecule has 0 spiro atoms. The van der Waals surface area contributed by atoms with Gasteiger partial charge < -0.3 is 27.9 Å². The van der Waals surface area contributed by atoms with Crippen LogP contribution in [0, 0.1) is 0 Å². The van der Waals surface area contributed by atoms with Crippen molar-refractivity contribution >= 4 is 19.8 Å². The first-order valence-electron chi connectivity index (χ1n) is 37.5. The highest BCUT2D eigenvalue weighted by Crippen LogP contribution is 2.38. The maximum atomic E-state index is 12.9. The standard InChI is InChI=1S/C82H140NO8P/c1-6-8-10-12-14-16-18-20-22-24-26-28-30-32-34-36-38-40-41-43-45-47-49-51-53-55-57-59-61-63-65-67-69-71-73-75-82(85)91-80(79-90-92(86,87)89-77-76-83(3,4)5)78-88-81(84)74-72-70-68-66-64-62-60-58-56-54-52-50-48-46-44-42-39-37-35-33-31-29-27-25-23-21-19-17-15-13-11-9-7-2/h8-11,14-17,20-23,26-29,32-35,38-40,42,80H,6-7,12-13,18-19,24-25,30-31,36-37,41,43-79H2,1-5H3/b10-8-,11-9-,16-14-,17-15-,22-20-,23-21-,28-26-,29-27-,34-32-,35-33-,40-38-,42-39-. The Morgan fingerprint density at radius 1 is 0.337 bits per heavy atom. The highest BCUT2D eigenvalue weighted by atomic mass is 31.2. The Balaban J connectivity index is 4.03. The lowest BCUT2D eigenvalue weighted by atomic mass is 10.0. The van der Waals surface area contributed by atoms with Gasteiger partial charge in [0.2, 0.25) is 0 Å². The van der Waals surface area contributed by atoms with Gasteiger partial charge in [0.05, 0.1) is 27.7 Å². The number of carbonyl (C=O) groups excluding carboxylic acids is 2. The molecule has 0 rings (SSSR count). The van der Waals surface area contributed by atoms with Gasteiger partial charge in [-0.05, 0) is 116 Å². The van der Waals surface area contributed by atoms with E-state index in [1.807, 2.05) is 21.1 Å². The molecule has 0 saturated heterocycles. The Bertz CT molecular complexity index is 2070. The summed E-state index contributed by atoms with van der Waals surface area (Å²) in [5.74, 6) is -0.831. The first-order valence-corrected chi connectivity index (χ1v) is 39.0. The lowest BCUT2D eigenvalue weighted by molar-refractivity contribution is -0.870. The lowest BCUT2D eigenvalue weighted by Gasteiger charge is -2.28. The van der Waals surface area contributed by atoms with Gasteiger partial charge in [-0.25, -0.2) is 0 Å². The summed E-state index contributed by atoms with van der Waals surface area (Å²) in [6.07, 6.45) is 105. The zero-order valence-corrected chi connectivity index (χ0v) is 60.8. The summed E-state index contributed by atoms with van der Waals surface area (Å²) in [4.78, 5) is 38.2. The number of allylic oxidation sites excluding steroid dienone is 24. The number of ether oxygens (including phenoxy) is 2. The van der Waals surface area contributed by atoms with Crippen molar-refractivity contribution < 1.29 is 42.1 Å². The van der Waals surface area contributed by atoms with E-state index in [0.29, 0.717) is 17.4 Å². The van der Waals surface area contributed by atoms with Crippen LogP contribution in [0.1, 0.15) is 309 Å². The first kappa shape index (κ1) is 87.9. The largest absolute Gasteiger partial charge is 0.756 e. The molecule has 9 nitrogen and oxygen atoms in total. The fraction of sp³-hybridized carbons (Fsp3) is 0.683. The number of phosphoric ester groups is 1. The van der Waals surface area contributed by atoms with E-state index in [4.69, 9.17) is 18.5 Å². The molecule has 0 aromatic rings. The average molecular weight is 1300 g/mol. The van der Waals surface area contributed by atoms with Crippen LogP contribution in [0.15, 0.2) is 146 Å². The molecule has 0 N–H and O–H groups in total. The molecule has 0 heterocycles. The molecule has 0 aliphatic heterocycles. The third-order valence-corrected chi connectivity index (χ3v) is 16.8. The molecule has 0 bridgehead atoms. The Labute approximate surface area is 567 Å². The zero-order chi connectivity index (χ0) is 66.9. The van der Waals surface area contributed by atoms with Crippen LogP contribution in [0.2, 0.25) is 0 Å². The van der Waals surface area contributed by atoms with Crippen molar-refractivity contribution in [3.8, 4) is 0 Å². The van der Waals surface area contributed by atoms with Crippen LogP contribution in [0.25, 0.3) is 0 Å². The van der Waals surface area contributed by atoms with Crippen molar-refractivity contribution in [3.05, 3.63) is 146 Å². The number of phosphoric acid groups is 1. The second-order valence-corrected chi connectivity index (χ2v) is 27.3. The molecule has 0 aromatic heterocycles. The summed E-state index contributed by atoms with van der Waals surface area (Å²) in [7, 11) is 1.16. The van der Waals surface area contributed by atoms with E-state index in [1.165, 1.54) is 161 Å². The smallest absolute Gasteiger partial charge is 0.306 e. The van der Waals surface area contributed by atoms with Gasteiger partial charge in [0.15, 0.2) is 6.10 Å². The van der Waals surface area contributed by atoms with Crippen LogP contribution in [0.5, 0.6) is 0 Å². The summed E-state index contributed by atoms with van der Waals surface area (Å²) in [5.41, 5.74) is 0. The number of esters is 2. The predicted octanol–water partition coefficient (Wildman–Crippen LogP) is 24.3. The Hall–Kier alpha value is -4.11. The van der Waals surface area contributed by atoms with Gasteiger partial charge in [0.1, 0.15) is 19.8 Å². The van der Waals surface area contributed by atoms with Crippen molar-refractivity contribution in [2.24, 2.45) is 0 Å². The van der Waals surface area contributed by atoms with Crippen LogP contribution in [0.4, 0.5) is 0 Å². The molecule has 0 amide bonds. The Morgan fingerprint density at radius 3 is 0.870 bits per heavy atom. The fourth-order valence-corrected chi connectivity index (χ4v) is 10.9. The van der Waals surface area contributed by atoms with E-state index in [-0.39, 0.29) is 32.0 Å². The maximum absolute atomic E-state index is 12.9. The van der Waals surface area contributed by atoms with Crippen molar-refractivity contribution in [2.45, 2.75) is 315 Å². The summed E-state index contributed by atoms with van der Waals surface area (Å²) in [6.45, 7) is 4.03. The van der Waals surface area contributed by atoms with Gasteiger partial charge in [0.25, 0.3) is 7.82 Å². The van der Waals surface area contributed by atoms with Crippen molar-refractivity contribution in [1.29, 1.82) is 0 Å². The summed E-state index contributed by atoms with van der Waals surface area (Å²) in [6, 6.07) is 0. The number of rotatable bonds is 68. The number of carbonyl (C=O) groups is 2. The number of hydrogen-bond donors (Lipinski definition) is 0. The summed E-state index contributed by atoms with van der Waals surface area (Å²) < 4.78 is 34.4. The van der Waals surface area contributed by atoms with Crippen molar-refractivity contribution in [1.82, 2.24) is 0 Å². The van der Waals surface area contributed by atoms with E-state index < -0.39 is 26.5 Å². The average Bonchev–Trinajstić information content (AvgIpc) is 2.14. The molecule has 0 aliphatic rings. The minimum absolute atomic E-state index is 0.0354. The lowest BCUT2D eigenvalue weighted by Crippen LogP contribution is -2.37. The second kappa shape index (κ2) is 71.2. The molecule has 92 heavy (non-hydrogen) atoms. The Morgan fingerprint density at radius 2 is 0.587 bits per heavy atom. The summed E-state index contributed by atoms with van der Waals surface area (Å²) >= 11 is 0. The van der Waals surface area contributed by atoms with E-state index in [1.54, 1.807) is 0 Å². The van der Waals surface area contributed by atoms with Crippen LogP contribution in [-0.2, 0) is 32.7 Å². The third kappa shape index (κ3) is 74.9. The van der Waals surface area contributed by atoms with E-state index >= 15 is 0 Å². The van der Waals surface area contributed by atoms with Gasteiger partial charge in [-0.3, -0.25) is 14.2 Å². The van der Waals surface area contributed by atoms with Gasteiger partial charge in [0, 0.05) is 12.8 Å². The maximum Gasteiger partial charge on any atom is 0.306 e. The molecular formula is C82H140NO8P. The number of likely N-dealkylation sites (N-methyl/N-ethyl adjacent to an activating group) is 1. The van der Waals surface area contributed by atoms with E-state index in [9.17, 15) is 19.0 Å². The summed E-state index contributed by atoms with van der Waals surface area (Å²) in [5, 5.41) is 0. The van der Waals surface area contributed by atoms with Crippen LogP contribution in [0.3, 0.4) is 0 Å². The fourth-order valence-electron chi connectivity index (χ4n) is 10.2. The highest BCUT2D eigenvalue weighted by Gasteiger charge is 2.22. The number of unbranched alkanes of at least 4 members (excludes halogenated alkanes) is 30. The van der Waals surface area contributed by atoms with E-state index in [0.717, 1.165) is 116 Å². The molecule has 0 aliphatic carbocycles. The normalized spacial score (nSPS) is 13.9. The highest BCUT2D eigenvalue weighted by molar-refractivity contribution is 7.45. The van der Waals surface area contributed by atoms with Gasteiger partial charge in [-0.1, -0.05) is 327 Å². The molecule has 10 heteroatoms. The minimum atomic E-state index is -4.65. The molecule has 0 radical (unpaired) electrons. The molecular weight excluding hydrogens is 1160 g/mol. The van der Waals surface area contributed by atoms with Crippen molar-refractivity contribution in [3.63, 3.8) is 0 Å². The van der Waals surface area contributed by atoms with Crippen molar-refractivity contribution in [2.75, 3.05) is 47.5 Å². The molecule has 2 atom stereocenters. The topological polar surface area (TPSA) is 111 Å². The van der Waals surface area contributed by atoms with Gasteiger partial charge in [-0.2, -0.15) is 0 Å². The number of quaternary nitrogens is 1. The minimum Gasteiger partial charge on any atom is -0.756 e. The quantitative estimate of drug-likeness (QED) is 0.0195. The Kier molecular flexibility index (Phi) is 68.0.